The Balaban J connectivity index is 2.51. The fourth-order valence-corrected chi connectivity index (χ4v) is 1.30. The van der Waals surface area contributed by atoms with Gasteiger partial charge in [-0.3, -0.25) is 10.1 Å². The maximum Gasteiger partial charge on any atom is 0.516 e. The minimum Gasteiger partial charge on any atom is -0.565 e. The van der Waals surface area contributed by atoms with Crippen LogP contribution >= 0.6 is 0 Å². The van der Waals surface area contributed by atoms with Gasteiger partial charge in [-0.2, -0.15) is 0 Å². The van der Waals surface area contributed by atoms with Crippen molar-refractivity contribution in [2.75, 3.05) is 0 Å². The van der Waals surface area contributed by atoms with E-state index in [0.717, 1.165) is 5.57 Å². The molecule has 0 aromatic carbocycles. The highest BCUT2D eigenvalue weighted by Crippen LogP contribution is 2.21. The van der Waals surface area contributed by atoms with Gasteiger partial charge in [0.1, 0.15) is 6.42 Å². The van der Waals surface area contributed by atoms with Crippen LogP contribution in [0.3, 0.4) is 0 Å². The van der Waals surface area contributed by atoms with Crippen molar-refractivity contribution in [3.05, 3.63) is 33.5 Å². The SMILES string of the molecule is O=C([OH2+])CCC1=CC=C([N+](=O)[O-])CC1. The third-order valence-electron chi connectivity index (χ3n) is 2.12. The summed E-state index contributed by atoms with van der Waals surface area (Å²) in [5.74, 6) is -0.588. The molecule has 76 valence electrons. The molecule has 0 spiro atoms. The first kappa shape index (κ1) is 10.4. The van der Waals surface area contributed by atoms with Gasteiger partial charge < -0.3 is 5.11 Å². The van der Waals surface area contributed by atoms with E-state index in [2.05, 4.69) is 0 Å². The summed E-state index contributed by atoms with van der Waals surface area (Å²) in [7, 11) is 0. The zero-order chi connectivity index (χ0) is 10.6. The van der Waals surface area contributed by atoms with Crippen molar-refractivity contribution in [1.29, 1.82) is 0 Å². The summed E-state index contributed by atoms with van der Waals surface area (Å²) in [6, 6.07) is 0. The first-order chi connectivity index (χ1) is 6.59. The van der Waals surface area contributed by atoms with Gasteiger partial charge in [0.05, 0.1) is 4.92 Å². The number of carbonyl (C=O) groups excluding carboxylic acids is 1. The Bertz CT molecular complexity index is 317. The van der Waals surface area contributed by atoms with E-state index in [0.29, 0.717) is 19.3 Å². The van der Waals surface area contributed by atoms with Gasteiger partial charge in [0, 0.05) is 17.3 Å². The summed E-state index contributed by atoms with van der Waals surface area (Å²) in [6.07, 6.45) is 4.96. The average Bonchev–Trinajstić information content (AvgIpc) is 2.15. The second-order valence-electron chi connectivity index (χ2n) is 3.16. The van der Waals surface area contributed by atoms with Crippen molar-refractivity contribution in [3.63, 3.8) is 0 Å². The maximum absolute atomic E-state index is 10.4. The fourth-order valence-electron chi connectivity index (χ4n) is 1.30. The molecule has 0 aromatic rings. The lowest BCUT2D eigenvalue weighted by Crippen LogP contribution is -2.04. The van der Waals surface area contributed by atoms with Gasteiger partial charge >= 0.3 is 5.97 Å². The van der Waals surface area contributed by atoms with E-state index in [-0.39, 0.29) is 17.0 Å². The quantitative estimate of drug-likeness (QED) is 0.382. The molecule has 14 heavy (non-hydrogen) atoms. The summed E-state index contributed by atoms with van der Waals surface area (Å²) >= 11 is 0. The fraction of sp³-hybridized carbons (Fsp3) is 0.444. The van der Waals surface area contributed by atoms with E-state index >= 15 is 0 Å². The molecule has 0 radical (unpaired) electrons. The topological polar surface area (TPSA) is 83.1 Å². The number of nitro groups is 1. The summed E-state index contributed by atoms with van der Waals surface area (Å²) in [6.45, 7) is 0. The van der Waals surface area contributed by atoms with Crippen molar-refractivity contribution >= 4 is 5.97 Å². The van der Waals surface area contributed by atoms with Gasteiger partial charge in [-0.1, -0.05) is 11.6 Å². The Hall–Kier alpha value is -1.65. The van der Waals surface area contributed by atoms with Crippen LogP contribution in [-0.2, 0) is 4.79 Å². The maximum atomic E-state index is 10.4. The van der Waals surface area contributed by atoms with Crippen LogP contribution in [0.1, 0.15) is 25.7 Å². The molecule has 2 N–H and O–H groups in total. The standard InChI is InChI=1S/C9H11NO4/c11-9(12)6-3-7-1-4-8(5-2-7)10(13)14/h1,4H,2-3,5-6H2,(H,11,12)/p+1. The number of nitrogens with zero attached hydrogens (tertiary/aromatic N) is 1. The van der Waals surface area contributed by atoms with Gasteiger partial charge in [-0.05, 0) is 12.8 Å². The van der Waals surface area contributed by atoms with E-state index in [9.17, 15) is 14.9 Å². The molecule has 0 heterocycles. The Morgan fingerprint density at radius 2 is 2.21 bits per heavy atom. The van der Waals surface area contributed by atoms with E-state index in [1.807, 2.05) is 0 Å². The van der Waals surface area contributed by atoms with E-state index in [1.165, 1.54) is 6.08 Å². The third-order valence-corrected chi connectivity index (χ3v) is 2.12. The normalized spacial score (nSPS) is 15.7. The van der Waals surface area contributed by atoms with Crippen LogP contribution in [0.2, 0.25) is 0 Å². The minimum absolute atomic E-state index is 0.202. The highest BCUT2D eigenvalue weighted by atomic mass is 16.6. The van der Waals surface area contributed by atoms with Crippen molar-refractivity contribution in [3.8, 4) is 0 Å². The smallest absolute Gasteiger partial charge is 0.516 e. The molecule has 0 fully saturated rings. The molecule has 0 aromatic heterocycles. The van der Waals surface area contributed by atoms with Crippen LogP contribution in [0, 0.1) is 10.1 Å². The van der Waals surface area contributed by atoms with Crippen molar-refractivity contribution in [2.45, 2.75) is 25.7 Å². The van der Waals surface area contributed by atoms with Gasteiger partial charge in [0.25, 0.3) is 0 Å². The molecule has 0 bridgehead atoms. The molecule has 5 heteroatoms. The number of allylic oxidation sites excluding steroid dienone is 4. The molecule has 0 saturated carbocycles. The number of carbonyl (C=O) groups is 1. The van der Waals surface area contributed by atoms with Crippen molar-refractivity contribution < 1.29 is 14.8 Å². The number of hydrogen-bond acceptors (Lipinski definition) is 3. The zero-order valence-electron chi connectivity index (χ0n) is 7.66. The molecular formula is C9H12NO4+. The largest absolute Gasteiger partial charge is 0.565 e. The highest BCUT2D eigenvalue weighted by Gasteiger charge is 2.16. The summed E-state index contributed by atoms with van der Waals surface area (Å²) in [5, 5.41) is 17.1. The Kier molecular flexibility index (Phi) is 3.39. The Morgan fingerprint density at radius 3 is 2.64 bits per heavy atom. The monoisotopic (exact) mass is 198 g/mol. The van der Waals surface area contributed by atoms with Crippen LogP contribution < -0.4 is 0 Å². The lowest BCUT2D eigenvalue weighted by molar-refractivity contribution is -0.428. The lowest BCUT2D eigenvalue weighted by Gasteiger charge is -2.07. The molecule has 0 atom stereocenters. The molecule has 1 rings (SSSR count). The first-order valence-electron chi connectivity index (χ1n) is 4.37. The van der Waals surface area contributed by atoms with Gasteiger partial charge in [-0.25, -0.2) is 0 Å². The van der Waals surface area contributed by atoms with Gasteiger partial charge in [-0.15, -0.1) is 0 Å². The van der Waals surface area contributed by atoms with Crippen LogP contribution in [0.15, 0.2) is 23.4 Å². The highest BCUT2D eigenvalue weighted by molar-refractivity contribution is 5.67. The van der Waals surface area contributed by atoms with Crippen LogP contribution in [0.25, 0.3) is 0 Å². The second-order valence-corrected chi connectivity index (χ2v) is 3.16. The molecule has 0 unspecified atom stereocenters. The van der Waals surface area contributed by atoms with Gasteiger partial charge in [0.2, 0.25) is 5.70 Å². The second kappa shape index (κ2) is 4.55. The third kappa shape index (κ3) is 3.01. The molecule has 0 amide bonds. The molecule has 1 aliphatic carbocycles. The van der Waals surface area contributed by atoms with Crippen molar-refractivity contribution in [2.24, 2.45) is 0 Å². The Labute approximate surface area is 80.9 Å². The predicted octanol–water partition coefficient (Wildman–Crippen LogP) is 0.899. The summed E-state index contributed by atoms with van der Waals surface area (Å²) < 4.78 is 0. The zero-order valence-corrected chi connectivity index (χ0v) is 7.66. The van der Waals surface area contributed by atoms with E-state index in [4.69, 9.17) is 5.11 Å². The van der Waals surface area contributed by atoms with Crippen LogP contribution in [-0.4, -0.2) is 16.0 Å². The van der Waals surface area contributed by atoms with Crippen LogP contribution in [0.4, 0.5) is 0 Å². The Morgan fingerprint density at radius 1 is 1.50 bits per heavy atom. The van der Waals surface area contributed by atoms with Crippen LogP contribution in [0.5, 0.6) is 0 Å². The molecular weight excluding hydrogens is 186 g/mol. The number of hydrogen-bond donors (Lipinski definition) is 0. The molecule has 1 aliphatic rings. The first-order valence-corrected chi connectivity index (χ1v) is 4.37. The molecule has 0 saturated heterocycles. The predicted molar refractivity (Wildman–Crippen MR) is 50.2 cm³/mol. The lowest BCUT2D eigenvalue weighted by atomic mass is 9.99. The summed E-state index contributed by atoms with van der Waals surface area (Å²) in [4.78, 5) is 20.3. The average molecular weight is 198 g/mol. The van der Waals surface area contributed by atoms with E-state index in [1.54, 1.807) is 6.08 Å². The summed E-state index contributed by atoms with van der Waals surface area (Å²) in [5.41, 5.74) is 1.22. The molecule has 0 aliphatic heterocycles. The van der Waals surface area contributed by atoms with E-state index < -0.39 is 5.97 Å². The van der Waals surface area contributed by atoms with Crippen molar-refractivity contribution in [1.82, 2.24) is 0 Å². The van der Waals surface area contributed by atoms with Gasteiger partial charge in [0.15, 0.2) is 0 Å². The number of rotatable bonds is 4. The molecule has 5 nitrogen and oxygen atoms in total. The minimum atomic E-state index is -0.588.